The number of nitrogens with one attached hydrogen (secondary N) is 1. The second kappa shape index (κ2) is 6.68. The van der Waals surface area contributed by atoms with E-state index in [1.807, 2.05) is 11.8 Å². The molecule has 1 N–H and O–H groups in total. The first-order valence-electron chi connectivity index (χ1n) is 7.76. The molecule has 0 amide bonds. The molecule has 0 saturated heterocycles. The van der Waals surface area contributed by atoms with Crippen molar-refractivity contribution in [3.8, 4) is 0 Å². The summed E-state index contributed by atoms with van der Waals surface area (Å²) >= 11 is 2.04. The number of hydrogen-bond acceptors (Lipinski definition) is 2. The van der Waals surface area contributed by atoms with Crippen LogP contribution in [0.15, 0.2) is 30.5 Å². The molecule has 3 rings (SSSR count). The zero-order valence-corrected chi connectivity index (χ0v) is 13.1. The highest BCUT2D eigenvalue weighted by Gasteiger charge is 2.20. The Morgan fingerprint density at radius 2 is 2.20 bits per heavy atom. The first kappa shape index (κ1) is 14.0. The number of benzene rings is 1. The zero-order chi connectivity index (χ0) is 13.8. The molecule has 0 aliphatic heterocycles. The molecule has 1 heterocycles. The Morgan fingerprint density at radius 3 is 3.00 bits per heavy atom. The van der Waals surface area contributed by atoms with Gasteiger partial charge in [0.1, 0.15) is 0 Å². The minimum atomic E-state index is 0.773. The van der Waals surface area contributed by atoms with Crippen LogP contribution in [-0.2, 0) is 13.1 Å². The highest BCUT2D eigenvalue weighted by Crippen LogP contribution is 2.23. The zero-order valence-electron chi connectivity index (χ0n) is 12.3. The van der Waals surface area contributed by atoms with Crippen molar-refractivity contribution in [3.05, 3.63) is 36.0 Å². The summed E-state index contributed by atoms with van der Waals surface area (Å²) in [4.78, 5) is 0. The molecular weight excluding hydrogens is 264 g/mol. The van der Waals surface area contributed by atoms with Crippen LogP contribution >= 0.6 is 11.8 Å². The third-order valence-electron chi connectivity index (χ3n) is 3.92. The molecular formula is C17H24N2S. The van der Waals surface area contributed by atoms with Crippen LogP contribution in [0.25, 0.3) is 10.9 Å². The van der Waals surface area contributed by atoms with Crippen molar-refractivity contribution < 1.29 is 0 Å². The maximum Gasteiger partial charge on any atom is 0.0525 e. The van der Waals surface area contributed by atoms with Crippen LogP contribution < -0.4 is 5.32 Å². The fourth-order valence-corrected chi connectivity index (χ4v) is 3.31. The van der Waals surface area contributed by atoms with Gasteiger partial charge in [-0.25, -0.2) is 0 Å². The van der Waals surface area contributed by atoms with E-state index in [9.17, 15) is 0 Å². The summed E-state index contributed by atoms with van der Waals surface area (Å²) in [6.07, 6.45) is 6.21. The van der Waals surface area contributed by atoms with Crippen molar-refractivity contribution in [2.45, 2.75) is 45.3 Å². The van der Waals surface area contributed by atoms with Gasteiger partial charge in [-0.3, -0.25) is 0 Å². The van der Waals surface area contributed by atoms with Gasteiger partial charge in [-0.1, -0.05) is 25.1 Å². The van der Waals surface area contributed by atoms with Crippen molar-refractivity contribution in [1.29, 1.82) is 0 Å². The molecule has 20 heavy (non-hydrogen) atoms. The van der Waals surface area contributed by atoms with E-state index < -0.39 is 0 Å². The number of hydrogen-bond donors (Lipinski definition) is 1. The average Bonchev–Trinajstić information content (AvgIpc) is 3.21. The molecule has 1 saturated carbocycles. The maximum atomic E-state index is 3.64. The molecule has 1 aliphatic carbocycles. The van der Waals surface area contributed by atoms with E-state index in [2.05, 4.69) is 47.3 Å². The second-order valence-corrected chi connectivity index (χ2v) is 6.96. The van der Waals surface area contributed by atoms with Crippen LogP contribution in [0.4, 0.5) is 0 Å². The van der Waals surface area contributed by atoms with Crippen LogP contribution in [0.2, 0.25) is 0 Å². The van der Waals surface area contributed by atoms with Crippen LogP contribution in [0.1, 0.15) is 31.7 Å². The van der Waals surface area contributed by atoms with Gasteiger partial charge in [-0.15, -0.1) is 0 Å². The van der Waals surface area contributed by atoms with Crippen LogP contribution in [0, 0.1) is 0 Å². The minimum Gasteiger partial charge on any atom is -0.347 e. The fourth-order valence-electron chi connectivity index (χ4n) is 2.69. The van der Waals surface area contributed by atoms with Crippen LogP contribution in [-0.4, -0.2) is 22.1 Å². The number of thioether (sulfide) groups is 1. The van der Waals surface area contributed by atoms with Gasteiger partial charge in [0.05, 0.1) is 5.52 Å². The van der Waals surface area contributed by atoms with Gasteiger partial charge in [0.2, 0.25) is 0 Å². The van der Waals surface area contributed by atoms with E-state index in [4.69, 9.17) is 0 Å². The van der Waals surface area contributed by atoms with Crippen molar-refractivity contribution >= 4 is 22.7 Å². The van der Waals surface area contributed by atoms with Crippen LogP contribution in [0.3, 0.4) is 0 Å². The normalized spacial score (nSPS) is 15.1. The monoisotopic (exact) mass is 288 g/mol. The predicted octanol–water partition coefficient (Wildman–Crippen LogP) is 4.04. The quantitative estimate of drug-likeness (QED) is 0.738. The largest absolute Gasteiger partial charge is 0.347 e. The Kier molecular flexibility index (Phi) is 4.69. The lowest BCUT2D eigenvalue weighted by atomic mass is 10.1. The third kappa shape index (κ3) is 3.39. The molecule has 0 spiro atoms. The number of rotatable bonds is 8. The van der Waals surface area contributed by atoms with Gasteiger partial charge in [0.15, 0.2) is 0 Å². The maximum absolute atomic E-state index is 3.64. The van der Waals surface area contributed by atoms with E-state index in [1.165, 1.54) is 47.2 Å². The van der Waals surface area contributed by atoms with Gasteiger partial charge in [-0.05, 0) is 47.8 Å². The lowest BCUT2D eigenvalue weighted by molar-refractivity contribution is 0.676. The Morgan fingerprint density at radius 1 is 1.30 bits per heavy atom. The lowest BCUT2D eigenvalue weighted by Crippen LogP contribution is -2.16. The van der Waals surface area contributed by atoms with E-state index in [0.29, 0.717) is 0 Å². The van der Waals surface area contributed by atoms with Gasteiger partial charge in [0, 0.05) is 25.3 Å². The topological polar surface area (TPSA) is 17.0 Å². The summed E-state index contributed by atoms with van der Waals surface area (Å²) in [5.74, 6) is 2.49. The van der Waals surface area contributed by atoms with Gasteiger partial charge in [0.25, 0.3) is 0 Å². The Hall–Kier alpha value is -0.930. The Bertz CT molecular complexity index is 557. The third-order valence-corrected chi connectivity index (χ3v) is 4.91. The van der Waals surface area contributed by atoms with Crippen molar-refractivity contribution in [1.82, 2.24) is 9.88 Å². The summed E-state index contributed by atoms with van der Waals surface area (Å²) in [5.41, 5.74) is 2.88. The summed E-state index contributed by atoms with van der Waals surface area (Å²) in [6, 6.07) is 9.71. The lowest BCUT2D eigenvalue weighted by Gasteiger charge is -2.10. The van der Waals surface area contributed by atoms with Gasteiger partial charge < -0.3 is 9.88 Å². The molecule has 108 valence electrons. The van der Waals surface area contributed by atoms with E-state index in [0.717, 1.165) is 19.1 Å². The molecule has 3 heteroatoms. The summed E-state index contributed by atoms with van der Waals surface area (Å²) in [5, 5.41) is 5.02. The molecule has 1 fully saturated rings. The first-order chi connectivity index (χ1) is 9.88. The molecule has 0 radical (unpaired) electrons. The van der Waals surface area contributed by atoms with E-state index in [1.54, 1.807) is 0 Å². The predicted molar refractivity (Wildman–Crippen MR) is 89.4 cm³/mol. The first-order valence-corrected chi connectivity index (χ1v) is 8.92. The molecule has 0 bridgehead atoms. The highest BCUT2D eigenvalue weighted by molar-refractivity contribution is 7.99. The van der Waals surface area contributed by atoms with Crippen LogP contribution in [0.5, 0.6) is 0 Å². The standard InChI is InChI=1S/C17H24N2S/c1-2-20-12-4-10-19-11-9-14-5-3-6-15(17(14)19)13-18-16-7-8-16/h3,5-6,9,11,16,18H,2,4,7-8,10,12-13H2,1H3. The van der Waals surface area contributed by atoms with Crippen molar-refractivity contribution in [2.75, 3.05) is 11.5 Å². The number of nitrogens with zero attached hydrogens (tertiary/aromatic N) is 1. The highest BCUT2D eigenvalue weighted by atomic mass is 32.2. The van der Waals surface area contributed by atoms with E-state index in [-0.39, 0.29) is 0 Å². The minimum absolute atomic E-state index is 0.773. The Balaban J connectivity index is 1.73. The summed E-state index contributed by atoms with van der Waals surface area (Å²) in [6.45, 7) is 4.38. The number of aryl methyl sites for hydroxylation is 1. The molecule has 2 aromatic rings. The molecule has 0 unspecified atom stereocenters. The molecule has 1 aromatic heterocycles. The van der Waals surface area contributed by atoms with Crippen molar-refractivity contribution in [3.63, 3.8) is 0 Å². The molecule has 1 aliphatic rings. The summed E-state index contributed by atoms with van der Waals surface area (Å²) in [7, 11) is 0. The van der Waals surface area contributed by atoms with Crippen molar-refractivity contribution in [2.24, 2.45) is 0 Å². The molecule has 0 atom stereocenters. The number of aromatic nitrogens is 1. The van der Waals surface area contributed by atoms with E-state index >= 15 is 0 Å². The molecule has 1 aromatic carbocycles. The number of fused-ring (bicyclic) bond motifs is 1. The summed E-state index contributed by atoms with van der Waals surface area (Å²) < 4.78 is 2.44. The molecule has 2 nitrogen and oxygen atoms in total. The number of para-hydroxylation sites is 1. The van der Waals surface area contributed by atoms with Gasteiger partial charge >= 0.3 is 0 Å². The smallest absolute Gasteiger partial charge is 0.0525 e. The Labute approximate surface area is 125 Å². The average molecular weight is 288 g/mol. The fraction of sp³-hybridized carbons (Fsp3) is 0.529. The van der Waals surface area contributed by atoms with Gasteiger partial charge in [-0.2, -0.15) is 11.8 Å². The second-order valence-electron chi connectivity index (χ2n) is 5.57. The SMILES string of the molecule is CCSCCCn1ccc2cccc(CNC3CC3)c21.